The zero-order valence-corrected chi connectivity index (χ0v) is 14.9. The second-order valence-corrected chi connectivity index (χ2v) is 6.53. The summed E-state index contributed by atoms with van der Waals surface area (Å²) in [5, 5.41) is 6.12. The number of methoxy groups -OCH3 is 2. The highest BCUT2D eigenvalue weighted by molar-refractivity contribution is 5.99. The molecule has 2 N–H and O–H groups in total. The molecule has 2 bridgehead atoms. The molecule has 3 rings (SSSR count). The molecule has 0 aromatic heterocycles. The number of anilines is 1. The number of nitrogens with zero attached hydrogens (tertiary/aromatic N) is 1. The predicted molar refractivity (Wildman–Crippen MR) is 94.3 cm³/mol. The molecule has 2 fully saturated rings. The third-order valence-electron chi connectivity index (χ3n) is 4.93. The molecular weight excluding hydrogens is 322 g/mol. The van der Waals surface area contributed by atoms with Crippen molar-refractivity contribution in [1.29, 1.82) is 0 Å². The van der Waals surface area contributed by atoms with Gasteiger partial charge in [-0.3, -0.25) is 9.59 Å². The topological polar surface area (TPSA) is 79.9 Å². The van der Waals surface area contributed by atoms with Gasteiger partial charge in [-0.1, -0.05) is 0 Å². The van der Waals surface area contributed by atoms with Gasteiger partial charge in [0.1, 0.15) is 0 Å². The number of carbonyl (C=O) groups is 2. The first-order valence-corrected chi connectivity index (χ1v) is 8.62. The zero-order chi connectivity index (χ0) is 18.0. The highest BCUT2D eigenvalue weighted by Crippen LogP contribution is 2.38. The average molecular weight is 347 g/mol. The van der Waals surface area contributed by atoms with E-state index in [2.05, 4.69) is 10.6 Å². The molecule has 1 aromatic carbocycles. The molecule has 1 aromatic rings. The standard InChI is InChI=1S/C18H25N3O4/c1-11(22)20-15-8-12(9-16(24-2)17(15)25-3)18(23)21-13-4-5-14(21)10-19-7-6-13/h8-9,13-14,19H,4-7,10H2,1-3H3,(H,20,22). The fourth-order valence-electron chi connectivity index (χ4n) is 3.83. The minimum Gasteiger partial charge on any atom is -0.493 e. The summed E-state index contributed by atoms with van der Waals surface area (Å²) in [4.78, 5) is 26.7. The van der Waals surface area contributed by atoms with Crippen molar-refractivity contribution in [1.82, 2.24) is 10.2 Å². The van der Waals surface area contributed by atoms with Crippen LogP contribution in [0.2, 0.25) is 0 Å². The Kier molecular flexibility index (Phi) is 5.13. The summed E-state index contributed by atoms with van der Waals surface area (Å²) in [5.74, 6) is 0.583. The van der Waals surface area contributed by atoms with Crippen LogP contribution in [-0.2, 0) is 4.79 Å². The van der Waals surface area contributed by atoms with Crippen LogP contribution in [0.4, 0.5) is 5.69 Å². The molecule has 0 aliphatic carbocycles. The lowest BCUT2D eigenvalue weighted by Crippen LogP contribution is -2.42. The van der Waals surface area contributed by atoms with Gasteiger partial charge in [-0.2, -0.15) is 0 Å². The van der Waals surface area contributed by atoms with Crippen molar-refractivity contribution in [2.45, 2.75) is 38.3 Å². The van der Waals surface area contributed by atoms with Crippen molar-refractivity contribution >= 4 is 17.5 Å². The molecule has 0 saturated carbocycles. The van der Waals surface area contributed by atoms with Gasteiger partial charge in [0.25, 0.3) is 5.91 Å². The largest absolute Gasteiger partial charge is 0.493 e. The lowest BCUT2D eigenvalue weighted by atomic mass is 10.1. The van der Waals surface area contributed by atoms with E-state index in [1.165, 1.54) is 21.1 Å². The summed E-state index contributed by atoms with van der Waals surface area (Å²) < 4.78 is 10.7. The van der Waals surface area contributed by atoms with Crippen LogP contribution >= 0.6 is 0 Å². The van der Waals surface area contributed by atoms with E-state index in [1.807, 2.05) is 4.90 Å². The van der Waals surface area contributed by atoms with Gasteiger partial charge in [0, 0.05) is 31.1 Å². The normalized spacial score (nSPS) is 22.3. The average Bonchev–Trinajstić information content (AvgIpc) is 2.85. The Bertz CT molecular complexity index is 663. The van der Waals surface area contributed by atoms with E-state index in [0.29, 0.717) is 22.7 Å². The summed E-state index contributed by atoms with van der Waals surface area (Å²) in [6.07, 6.45) is 3.03. The monoisotopic (exact) mass is 347 g/mol. The lowest BCUT2D eigenvalue weighted by molar-refractivity contribution is -0.114. The SMILES string of the molecule is COc1cc(C(=O)N2C3CCNCC2CC3)cc(NC(C)=O)c1OC. The number of hydrogen-bond acceptors (Lipinski definition) is 5. The van der Waals surface area contributed by atoms with Crippen LogP contribution in [0.1, 0.15) is 36.5 Å². The molecular formula is C18H25N3O4. The summed E-state index contributed by atoms with van der Waals surface area (Å²) in [5.41, 5.74) is 0.943. The fourth-order valence-corrected chi connectivity index (χ4v) is 3.83. The number of rotatable bonds is 4. The lowest BCUT2D eigenvalue weighted by Gasteiger charge is -2.28. The van der Waals surface area contributed by atoms with E-state index in [1.54, 1.807) is 12.1 Å². The Balaban J connectivity index is 1.98. The van der Waals surface area contributed by atoms with Crippen LogP contribution in [0.5, 0.6) is 11.5 Å². The molecule has 2 saturated heterocycles. The molecule has 2 amide bonds. The molecule has 136 valence electrons. The van der Waals surface area contributed by atoms with Crippen LogP contribution in [0.15, 0.2) is 12.1 Å². The van der Waals surface area contributed by atoms with E-state index < -0.39 is 0 Å². The van der Waals surface area contributed by atoms with Crippen molar-refractivity contribution in [2.75, 3.05) is 32.6 Å². The summed E-state index contributed by atoms with van der Waals surface area (Å²) in [6, 6.07) is 3.84. The number of nitrogens with one attached hydrogen (secondary N) is 2. The van der Waals surface area contributed by atoms with Gasteiger partial charge in [0.05, 0.1) is 19.9 Å². The molecule has 0 spiro atoms. The predicted octanol–water partition coefficient (Wildman–Crippen LogP) is 1.63. The fraction of sp³-hybridized carbons (Fsp3) is 0.556. The molecule has 7 heteroatoms. The second-order valence-electron chi connectivity index (χ2n) is 6.53. The molecule has 2 atom stereocenters. The minimum atomic E-state index is -0.232. The maximum absolute atomic E-state index is 13.2. The van der Waals surface area contributed by atoms with Gasteiger partial charge >= 0.3 is 0 Å². The zero-order valence-electron chi connectivity index (χ0n) is 14.9. The van der Waals surface area contributed by atoms with Gasteiger partial charge in [-0.05, 0) is 37.9 Å². The van der Waals surface area contributed by atoms with Crippen LogP contribution in [0.25, 0.3) is 0 Å². The minimum absolute atomic E-state index is 0.0243. The first-order chi connectivity index (χ1) is 12.0. The Hall–Kier alpha value is -2.28. The number of carbonyl (C=O) groups excluding carboxylic acids is 2. The van der Waals surface area contributed by atoms with E-state index in [-0.39, 0.29) is 23.9 Å². The first kappa shape index (κ1) is 17.5. The van der Waals surface area contributed by atoms with Crippen molar-refractivity contribution in [3.8, 4) is 11.5 Å². The second kappa shape index (κ2) is 7.31. The molecule has 7 nitrogen and oxygen atoms in total. The van der Waals surface area contributed by atoms with Crippen molar-refractivity contribution < 1.29 is 19.1 Å². The van der Waals surface area contributed by atoms with Gasteiger partial charge < -0.3 is 25.0 Å². The summed E-state index contributed by atoms with van der Waals surface area (Å²) >= 11 is 0. The molecule has 2 aliphatic rings. The highest BCUT2D eigenvalue weighted by Gasteiger charge is 2.38. The molecule has 2 unspecified atom stereocenters. The smallest absolute Gasteiger partial charge is 0.254 e. The van der Waals surface area contributed by atoms with E-state index in [9.17, 15) is 9.59 Å². The van der Waals surface area contributed by atoms with E-state index in [4.69, 9.17) is 9.47 Å². The quantitative estimate of drug-likeness (QED) is 0.865. The van der Waals surface area contributed by atoms with Crippen molar-refractivity contribution in [2.24, 2.45) is 0 Å². The van der Waals surface area contributed by atoms with Gasteiger partial charge in [-0.15, -0.1) is 0 Å². The first-order valence-electron chi connectivity index (χ1n) is 8.62. The molecule has 2 aliphatic heterocycles. The van der Waals surface area contributed by atoms with Gasteiger partial charge in [0.15, 0.2) is 11.5 Å². The van der Waals surface area contributed by atoms with Crippen LogP contribution < -0.4 is 20.1 Å². The Morgan fingerprint density at radius 3 is 2.60 bits per heavy atom. The Morgan fingerprint density at radius 2 is 1.92 bits per heavy atom. The van der Waals surface area contributed by atoms with Crippen LogP contribution in [0.3, 0.4) is 0 Å². The summed E-state index contributed by atoms with van der Waals surface area (Å²) in [7, 11) is 3.02. The van der Waals surface area contributed by atoms with E-state index >= 15 is 0 Å². The number of benzene rings is 1. The maximum Gasteiger partial charge on any atom is 0.254 e. The van der Waals surface area contributed by atoms with Crippen molar-refractivity contribution in [3.05, 3.63) is 17.7 Å². The summed E-state index contributed by atoms with van der Waals surface area (Å²) in [6.45, 7) is 3.18. The number of hydrogen-bond donors (Lipinski definition) is 2. The van der Waals surface area contributed by atoms with Gasteiger partial charge in [-0.25, -0.2) is 0 Å². The van der Waals surface area contributed by atoms with Crippen molar-refractivity contribution in [3.63, 3.8) is 0 Å². The van der Waals surface area contributed by atoms with Crippen LogP contribution in [0, 0.1) is 0 Å². The van der Waals surface area contributed by atoms with Crippen LogP contribution in [-0.4, -0.2) is 56.1 Å². The number of ether oxygens (including phenoxy) is 2. The third-order valence-corrected chi connectivity index (χ3v) is 4.93. The molecule has 2 heterocycles. The highest BCUT2D eigenvalue weighted by atomic mass is 16.5. The Labute approximate surface area is 147 Å². The third kappa shape index (κ3) is 3.42. The number of fused-ring (bicyclic) bond motifs is 2. The Morgan fingerprint density at radius 1 is 1.16 bits per heavy atom. The molecule has 0 radical (unpaired) electrons. The maximum atomic E-state index is 13.2. The van der Waals surface area contributed by atoms with E-state index in [0.717, 1.165) is 32.4 Å². The molecule has 25 heavy (non-hydrogen) atoms. The van der Waals surface area contributed by atoms with Gasteiger partial charge in [0.2, 0.25) is 5.91 Å². The number of amides is 2.